The quantitative estimate of drug-likeness (QED) is 0.469. The van der Waals surface area contributed by atoms with Crippen molar-refractivity contribution in [2.24, 2.45) is 0 Å². The first-order valence-corrected chi connectivity index (χ1v) is 5.82. The SMILES string of the molecule is CCCCCOC(=O)c1cccnc1Br. The zero-order chi connectivity index (χ0) is 11.1. The van der Waals surface area contributed by atoms with E-state index in [4.69, 9.17) is 4.74 Å². The number of carbonyl (C=O) groups excluding carboxylic acids is 1. The molecule has 4 heteroatoms. The summed E-state index contributed by atoms with van der Waals surface area (Å²) in [4.78, 5) is 15.5. The second-order valence-corrected chi connectivity index (χ2v) is 3.94. The van der Waals surface area contributed by atoms with Crippen LogP contribution in [0.25, 0.3) is 0 Å². The number of esters is 1. The molecule has 0 spiro atoms. The minimum absolute atomic E-state index is 0.314. The van der Waals surface area contributed by atoms with E-state index in [9.17, 15) is 4.79 Å². The van der Waals surface area contributed by atoms with Crippen LogP contribution in [0.3, 0.4) is 0 Å². The Hall–Kier alpha value is -0.900. The first-order valence-electron chi connectivity index (χ1n) is 5.03. The summed E-state index contributed by atoms with van der Waals surface area (Å²) in [5.74, 6) is -0.314. The van der Waals surface area contributed by atoms with Crippen molar-refractivity contribution in [1.82, 2.24) is 4.98 Å². The van der Waals surface area contributed by atoms with E-state index in [1.807, 2.05) is 0 Å². The second kappa shape index (κ2) is 6.56. The fourth-order valence-corrected chi connectivity index (χ4v) is 1.55. The third-order valence-electron chi connectivity index (χ3n) is 1.96. The summed E-state index contributed by atoms with van der Waals surface area (Å²) in [6, 6.07) is 3.41. The van der Waals surface area contributed by atoms with Gasteiger partial charge < -0.3 is 4.74 Å². The summed E-state index contributed by atoms with van der Waals surface area (Å²) in [5.41, 5.74) is 0.481. The topological polar surface area (TPSA) is 39.2 Å². The molecular formula is C11H14BrNO2. The van der Waals surface area contributed by atoms with Crippen LogP contribution in [-0.4, -0.2) is 17.6 Å². The van der Waals surface area contributed by atoms with Crippen molar-refractivity contribution < 1.29 is 9.53 Å². The number of hydrogen-bond donors (Lipinski definition) is 0. The highest BCUT2D eigenvalue weighted by Gasteiger charge is 2.10. The molecule has 0 saturated carbocycles. The van der Waals surface area contributed by atoms with Crippen LogP contribution >= 0.6 is 15.9 Å². The summed E-state index contributed by atoms with van der Waals surface area (Å²) in [6.07, 6.45) is 4.74. The minimum atomic E-state index is -0.314. The average molecular weight is 272 g/mol. The van der Waals surface area contributed by atoms with Crippen LogP contribution in [0.5, 0.6) is 0 Å². The van der Waals surface area contributed by atoms with Crippen LogP contribution in [0.4, 0.5) is 0 Å². The van der Waals surface area contributed by atoms with Gasteiger partial charge in [-0.2, -0.15) is 0 Å². The molecule has 0 radical (unpaired) electrons. The maximum absolute atomic E-state index is 11.5. The Labute approximate surface area is 98.0 Å². The van der Waals surface area contributed by atoms with E-state index in [0.29, 0.717) is 16.8 Å². The van der Waals surface area contributed by atoms with Crippen molar-refractivity contribution in [3.8, 4) is 0 Å². The largest absolute Gasteiger partial charge is 0.462 e. The Morgan fingerprint density at radius 2 is 2.33 bits per heavy atom. The number of pyridine rings is 1. The van der Waals surface area contributed by atoms with Crippen LogP contribution in [-0.2, 0) is 4.74 Å². The number of unbranched alkanes of at least 4 members (excludes halogenated alkanes) is 2. The summed E-state index contributed by atoms with van der Waals surface area (Å²) in [7, 11) is 0. The van der Waals surface area contributed by atoms with Gasteiger partial charge in [-0.25, -0.2) is 9.78 Å². The molecule has 0 N–H and O–H groups in total. The molecule has 0 amide bonds. The average Bonchev–Trinajstić information content (AvgIpc) is 2.25. The zero-order valence-electron chi connectivity index (χ0n) is 8.70. The van der Waals surface area contributed by atoms with Gasteiger partial charge in [-0.3, -0.25) is 0 Å². The normalized spacial score (nSPS) is 10.0. The van der Waals surface area contributed by atoms with Gasteiger partial charge in [0.05, 0.1) is 12.2 Å². The Balaban J connectivity index is 2.44. The molecule has 0 aliphatic heterocycles. The fourth-order valence-electron chi connectivity index (χ4n) is 1.13. The maximum Gasteiger partial charge on any atom is 0.340 e. The van der Waals surface area contributed by atoms with E-state index in [2.05, 4.69) is 27.8 Å². The summed E-state index contributed by atoms with van der Waals surface area (Å²) in [5, 5.41) is 0. The lowest BCUT2D eigenvalue weighted by Gasteiger charge is -2.04. The van der Waals surface area contributed by atoms with Crippen molar-refractivity contribution in [3.05, 3.63) is 28.5 Å². The van der Waals surface area contributed by atoms with E-state index >= 15 is 0 Å². The highest BCUT2D eigenvalue weighted by molar-refractivity contribution is 9.10. The van der Waals surface area contributed by atoms with Crippen molar-refractivity contribution in [1.29, 1.82) is 0 Å². The molecule has 0 aromatic carbocycles. The van der Waals surface area contributed by atoms with E-state index in [-0.39, 0.29) is 5.97 Å². The standard InChI is InChI=1S/C11H14BrNO2/c1-2-3-4-8-15-11(14)9-6-5-7-13-10(9)12/h5-7H,2-4,8H2,1H3. The third-order valence-corrected chi connectivity index (χ3v) is 2.59. The van der Waals surface area contributed by atoms with Crippen molar-refractivity contribution >= 4 is 21.9 Å². The van der Waals surface area contributed by atoms with Gasteiger partial charge in [-0.05, 0) is 34.5 Å². The Morgan fingerprint density at radius 3 is 3.00 bits per heavy atom. The molecule has 82 valence electrons. The predicted molar refractivity (Wildman–Crippen MR) is 61.7 cm³/mol. The molecule has 15 heavy (non-hydrogen) atoms. The lowest BCUT2D eigenvalue weighted by atomic mass is 10.2. The van der Waals surface area contributed by atoms with E-state index in [0.717, 1.165) is 19.3 Å². The first kappa shape index (κ1) is 12.2. The Kier molecular flexibility index (Phi) is 5.32. The van der Waals surface area contributed by atoms with Crippen molar-refractivity contribution in [2.75, 3.05) is 6.61 Å². The Bertz CT molecular complexity index is 328. The summed E-state index contributed by atoms with van der Waals surface area (Å²) in [6.45, 7) is 2.59. The lowest BCUT2D eigenvalue weighted by Crippen LogP contribution is -2.07. The maximum atomic E-state index is 11.5. The van der Waals surface area contributed by atoms with Gasteiger partial charge in [0, 0.05) is 6.20 Å². The number of ether oxygens (including phenoxy) is 1. The molecule has 0 unspecified atom stereocenters. The third kappa shape index (κ3) is 4.00. The number of hydrogen-bond acceptors (Lipinski definition) is 3. The minimum Gasteiger partial charge on any atom is -0.462 e. The molecule has 1 aromatic heterocycles. The molecule has 1 heterocycles. The highest BCUT2D eigenvalue weighted by atomic mass is 79.9. The van der Waals surface area contributed by atoms with Crippen LogP contribution in [0.2, 0.25) is 0 Å². The predicted octanol–water partition coefficient (Wildman–Crippen LogP) is 3.19. The lowest BCUT2D eigenvalue weighted by molar-refractivity contribution is 0.0496. The molecule has 0 aliphatic carbocycles. The molecule has 1 rings (SSSR count). The molecule has 0 bridgehead atoms. The van der Waals surface area contributed by atoms with Gasteiger partial charge >= 0.3 is 5.97 Å². The zero-order valence-corrected chi connectivity index (χ0v) is 10.3. The highest BCUT2D eigenvalue weighted by Crippen LogP contribution is 2.13. The summed E-state index contributed by atoms with van der Waals surface area (Å²) < 4.78 is 5.63. The number of aromatic nitrogens is 1. The van der Waals surface area contributed by atoms with Gasteiger partial charge in [0.1, 0.15) is 4.60 Å². The Morgan fingerprint density at radius 1 is 1.53 bits per heavy atom. The van der Waals surface area contributed by atoms with Gasteiger partial charge in [0.25, 0.3) is 0 Å². The molecule has 3 nitrogen and oxygen atoms in total. The molecule has 0 saturated heterocycles. The van der Waals surface area contributed by atoms with E-state index in [1.165, 1.54) is 0 Å². The molecule has 0 fully saturated rings. The van der Waals surface area contributed by atoms with Crippen LogP contribution in [0.15, 0.2) is 22.9 Å². The molecule has 1 aromatic rings. The smallest absolute Gasteiger partial charge is 0.340 e. The molecular weight excluding hydrogens is 258 g/mol. The number of rotatable bonds is 5. The first-order chi connectivity index (χ1) is 7.25. The molecule has 0 atom stereocenters. The van der Waals surface area contributed by atoms with Gasteiger partial charge in [0.2, 0.25) is 0 Å². The fraction of sp³-hybridized carbons (Fsp3) is 0.455. The van der Waals surface area contributed by atoms with Crippen LogP contribution in [0, 0.1) is 0 Å². The van der Waals surface area contributed by atoms with Crippen molar-refractivity contribution in [3.63, 3.8) is 0 Å². The van der Waals surface area contributed by atoms with Gasteiger partial charge in [-0.1, -0.05) is 19.8 Å². The van der Waals surface area contributed by atoms with Crippen LogP contribution < -0.4 is 0 Å². The van der Waals surface area contributed by atoms with E-state index < -0.39 is 0 Å². The number of halogens is 1. The number of nitrogens with zero attached hydrogens (tertiary/aromatic N) is 1. The van der Waals surface area contributed by atoms with Gasteiger partial charge in [-0.15, -0.1) is 0 Å². The van der Waals surface area contributed by atoms with Gasteiger partial charge in [0.15, 0.2) is 0 Å². The monoisotopic (exact) mass is 271 g/mol. The molecule has 0 aliphatic rings. The summed E-state index contributed by atoms with van der Waals surface area (Å²) >= 11 is 3.21. The van der Waals surface area contributed by atoms with Crippen LogP contribution in [0.1, 0.15) is 36.5 Å². The second-order valence-electron chi connectivity index (χ2n) is 3.18. The van der Waals surface area contributed by atoms with Crippen molar-refractivity contribution in [2.45, 2.75) is 26.2 Å². The number of carbonyl (C=O) groups is 1. The van der Waals surface area contributed by atoms with E-state index in [1.54, 1.807) is 18.3 Å².